The average Bonchev–Trinajstić information content (AvgIpc) is 2.31. The molecule has 0 unspecified atom stereocenters. The lowest BCUT2D eigenvalue weighted by Gasteiger charge is -2.23. The third-order valence-electron chi connectivity index (χ3n) is 2.54. The van der Waals surface area contributed by atoms with Crippen molar-refractivity contribution in [2.45, 2.75) is 18.9 Å². The molecule has 0 amide bonds. The van der Waals surface area contributed by atoms with E-state index in [2.05, 4.69) is 10.3 Å². The van der Waals surface area contributed by atoms with Crippen LogP contribution >= 0.6 is 11.8 Å². The summed E-state index contributed by atoms with van der Waals surface area (Å²) in [7, 11) is 1.68. The highest BCUT2D eigenvalue weighted by atomic mass is 32.2. The van der Waals surface area contributed by atoms with Gasteiger partial charge in [-0.15, -0.1) is 0 Å². The van der Waals surface area contributed by atoms with Crippen LogP contribution in [0.25, 0.3) is 0 Å². The second-order valence-electron chi connectivity index (χ2n) is 3.61. The van der Waals surface area contributed by atoms with Crippen molar-refractivity contribution in [1.82, 2.24) is 4.98 Å². The van der Waals surface area contributed by atoms with Crippen molar-refractivity contribution >= 4 is 17.6 Å². The predicted octanol–water partition coefficient (Wildman–Crippen LogP) is 2.40. The van der Waals surface area contributed by atoms with Crippen molar-refractivity contribution < 1.29 is 4.74 Å². The number of hydrogen-bond acceptors (Lipinski definition) is 4. The third kappa shape index (κ3) is 3.02. The van der Waals surface area contributed by atoms with Crippen LogP contribution in [0.4, 0.5) is 5.82 Å². The normalized spacial score (nSPS) is 17.4. The van der Waals surface area contributed by atoms with Crippen LogP contribution in [0, 0.1) is 0 Å². The minimum atomic E-state index is 0.575. The molecule has 1 aliphatic heterocycles. The van der Waals surface area contributed by atoms with E-state index in [1.54, 1.807) is 13.3 Å². The van der Waals surface area contributed by atoms with E-state index in [0.29, 0.717) is 6.04 Å². The molecular formula is C11H16N2OS. The second kappa shape index (κ2) is 5.26. The summed E-state index contributed by atoms with van der Waals surface area (Å²) in [5.41, 5.74) is 0. The Labute approximate surface area is 94.6 Å². The average molecular weight is 224 g/mol. The molecule has 0 bridgehead atoms. The van der Waals surface area contributed by atoms with Gasteiger partial charge in [0.05, 0.1) is 7.11 Å². The molecule has 2 heterocycles. The number of aromatic nitrogens is 1. The topological polar surface area (TPSA) is 34.1 Å². The molecule has 1 aliphatic rings. The Bertz CT molecular complexity index is 313. The summed E-state index contributed by atoms with van der Waals surface area (Å²) >= 11 is 2.03. The zero-order valence-corrected chi connectivity index (χ0v) is 9.72. The maximum absolute atomic E-state index is 5.16. The van der Waals surface area contributed by atoms with Crippen molar-refractivity contribution in [1.29, 1.82) is 0 Å². The van der Waals surface area contributed by atoms with Gasteiger partial charge in [-0.05, 0) is 30.4 Å². The monoisotopic (exact) mass is 224 g/mol. The molecule has 2 rings (SSSR count). The smallest absolute Gasteiger partial charge is 0.129 e. The summed E-state index contributed by atoms with van der Waals surface area (Å²) in [5, 5.41) is 3.45. The first-order valence-electron chi connectivity index (χ1n) is 5.23. The van der Waals surface area contributed by atoms with E-state index in [1.165, 1.54) is 24.3 Å². The van der Waals surface area contributed by atoms with Crippen LogP contribution in [0.15, 0.2) is 18.3 Å². The molecule has 1 saturated heterocycles. The maximum Gasteiger partial charge on any atom is 0.129 e. The lowest BCUT2D eigenvalue weighted by atomic mass is 10.1. The summed E-state index contributed by atoms with van der Waals surface area (Å²) in [6.45, 7) is 0. The van der Waals surface area contributed by atoms with E-state index in [9.17, 15) is 0 Å². The van der Waals surface area contributed by atoms with Gasteiger partial charge in [0.1, 0.15) is 11.6 Å². The molecule has 0 atom stereocenters. The van der Waals surface area contributed by atoms with Gasteiger partial charge in [-0.1, -0.05) is 0 Å². The van der Waals surface area contributed by atoms with E-state index in [1.807, 2.05) is 23.9 Å². The fraction of sp³-hybridized carbons (Fsp3) is 0.545. The lowest BCUT2D eigenvalue weighted by Crippen LogP contribution is -2.24. The van der Waals surface area contributed by atoms with Gasteiger partial charge in [-0.2, -0.15) is 11.8 Å². The van der Waals surface area contributed by atoms with Gasteiger partial charge in [0.15, 0.2) is 0 Å². The summed E-state index contributed by atoms with van der Waals surface area (Å²) in [6, 6.07) is 4.38. The summed E-state index contributed by atoms with van der Waals surface area (Å²) < 4.78 is 5.16. The highest BCUT2D eigenvalue weighted by Gasteiger charge is 2.13. The minimum absolute atomic E-state index is 0.575. The number of rotatable bonds is 3. The molecule has 1 aromatic rings. The second-order valence-corrected chi connectivity index (χ2v) is 4.84. The fourth-order valence-corrected chi connectivity index (χ4v) is 2.77. The van der Waals surface area contributed by atoms with Gasteiger partial charge in [-0.3, -0.25) is 0 Å². The van der Waals surface area contributed by atoms with Crippen LogP contribution in [0.5, 0.6) is 5.75 Å². The van der Waals surface area contributed by atoms with Crippen molar-refractivity contribution in [3.05, 3.63) is 18.3 Å². The van der Waals surface area contributed by atoms with Crippen molar-refractivity contribution in [2.75, 3.05) is 23.9 Å². The van der Waals surface area contributed by atoms with Crippen molar-refractivity contribution in [2.24, 2.45) is 0 Å². The number of methoxy groups -OCH3 is 1. The molecule has 0 aromatic carbocycles. The molecule has 15 heavy (non-hydrogen) atoms. The zero-order chi connectivity index (χ0) is 10.5. The highest BCUT2D eigenvalue weighted by Crippen LogP contribution is 2.21. The highest BCUT2D eigenvalue weighted by molar-refractivity contribution is 7.99. The third-order valence-corrected chi connectivity index (χ3v) is 3.59. The van der Waals surface area contributed by atoms with Crippen molar-refractivity contribution in [3.63, 3.8) is 0 Å². The Balaban J connectivity index is 1.96. The molecule has 1 aromatic heterocycles. The van der Waals surface area contributed by atoms with Gasteiger partial charge < -0.3 is 10.1 Å². The number of hydrogen-bond donors (Lipinski definition) is 1. The lowest BCUT2D eigenvalue weighted by molar-refractivity contribution is 0.414. The molecule has 1 N–H and O–H groups in total. The van der Waals surface area contributed by atoms with E-state index >= 15 is 0 Å². The summed E-state index contributed by atoms with van der Waals surface area (Å²) in [4.78, 5) is 4.28. The van der Waals surface area contributed by atoms with Crippen LogP contribution < -0.4 is 10.1 Å². The molecular weight excluding hydrogens is 208 g/mol. The summed E-state index contributed by atoms with van der Waals surface area (Å²) in [6.07, 6.45) is 4.23. The molecule has 3 nitrogen and oxygen atoms in total. The number of thioether (sulfide) groups is 1. The zero-order valence-electron chi connectivity index (χ0n) is 8.90. The quantitative estimate of drug-likeness (QED) is 0.855. The van der Waals surface area contributed by atoms with E-state index in [-0.39, 0.29) is 0 Å². The number of pyridine rings is 1. The van der Waals surface area contributed by atoms with Gasteiger partial charge in [-0.25, -0.2) is 4.98 Å². The molecule has 0 aliphatic carbocycles. The first-order chi connectivity index (χ1) is 7.38. The number of ether oxygens (including phenoxy) is 1. The van der Waals surface area contributed by atoms with Crippen LogP contribution in [-0.2, 0) is 0 Å². The van der Waals surface area contributed by atoms with Gasteiger partial charge >= 0.3 is 0 Å². The van der Waals surface area contributed by atoms with E-state index in [4.69, 9.17) is 4.74 Å². The van der Waals surface area contributed by atoms with Crippen LogP contribution in [0.2, 0.25) is 0 Å². The van der Waals surface area contributed by atoms with E-state index < -0.39 is 0 Å². The molecule has 4 heteroatoms. The molecule has 0 radical (unpaired) electrons. The standard InChI is InChI=1S/C11H16N2OS/c1-14-10-2-5-12-11(8-10)13-9-3-6-15-7-4-9/h2,5,8-9H,3-4,6-7H2,1H3,(H,12,13). The largest absolute Gasteiger partial charge is 0.497 e. The van der Waals surface area contributed by atoms with Gasteiger partial charge in [0, 0.05) is 18.3 Å². The maximum atomic E-state index is 5.16. The number of anilines is 1. The van der Waals surface area contributed by atoms with Gasteiger partial charge in [0.25, 0.3) is 0 Å². The van der Waals surface area contributed by atoms with Crippen molar-refractivity contribution in [3.8, 4) is 5.75 Å². The Morgan fingerprint density at radius 3 is 3.00 bits per heavy atom. The van der Waals surface area contributed by atoms with Crippen LogP contribution in [0.1, 0.15) is 12.8 Å². The Morgan fingerprint density at radius 1 is 1.47 bits per heavy atom. The Hall–Kier alpha value is -0.900. The van der Waals surface area contributed by atoms with Crippen LogP contribution in [-0.4, -0.2) is 29.6 Å². The minimum Gasteiger partial charge on any atom is -0.497 e. The van der Waals surface area contributed by atoms with E-state index in [0.717, 1.165) is 11.6 Å². The molecule has 0 saturated carbocycles. The molecule has 1 fully saturated rings. The SMILES string of the molecule is COc1ccnc(NC2CCSCC2)c1. The first-order valence-corrected chi connectivity index (χ1v) is 6.38. The Kier molecular flexibility index (Phi) is 3.72. The van der Waals surface area contributed by atoms with Gasteiger partial charge in [0.2, 0.25) is 0 Å². The summed E-state index contributed by atoms with van der Waals surface area (Å²) in [5.74, 6) is 4.28. The fourth-order valence-electron chi connectivity index (χ4n) is 1.67. The molecule has 0 spiro atoms. The first kappa shape index (κ1) is 10.6. The van der Waals surface area contributed by atoms with Crippen LogP contribution in [0.3, 0.4) is 0 Å². The number of nitrogens with zero attached hydrogens (tertiary/aromatic N) is 1. The predicted molar refractivity (Wildman–Crippen MR) is 64.8 cm³/mol. The molecule has 82 valence electrons. The number of nitrogens with one attached hydrogen (secondary N) is 1. The Morgan fingerprint density at radius 2 is 2.27 bits per heavy atom.